The molecule has 1 aromatic carbocycles. The van der Waals surface area contributed by atoms with E-state index in [0.717, 1.165) is 17.4 Å². The predicted molar refractivity (Wildman–Crippen MR) is 87.7 cm³/mol. The van der Waals surface area contributed by atoms with Gasteiger partial charge >= 0.3 is 0 Å². The first-order valence-corrected chi connectivity index (χ1v) is 7.96. The first-order valence-electron chi connectivity index (χ1n) is 5.99. The van der Waals surface area contributed by atoms with Crippen molar-refractivity contribution in [3.05, 3.63) is 38.4 Å². The minimum Gasteiger partial charge on any atom is -0.436 e. The highest BCUT2D eigenvalue weighted by Crippen LogP contribution is 2.34. The number of anilines is 1. The zero-order valence-electron chi connectivity index (χ0n) is 10.7. The van der Waals surface area contributed by atoms with Crippen molar-refractivity contribution in [3.8, 4) is 11.6 Å². The molecule has 2 rings (SSSR count). The maximum absolute atomic E-state index is 6.13. The molecule has 20 heavy (non-hydrogen) atoms. The molecule has 0 spiro atoms. The van der Waals surface area contributed by atoms with Gasteiger partial charge in [0.15, 0.2) is 0 Å². The van der Waals surface area contributed by atoms with Gasteiger partial charge in [-0.25, -0.2) is 4.98 Å². The molecule has 1 heterocycles. The maximum Gasteiger partial charge on any atom is 0.238 e. The molecule has 2 aromatic rings. The zero-order chi connectivity index (χ0) is 14.5. The smallest absolute Gasteiger partial charge is 0.238 e. The molecule has 0 bridgehead atoms. The van der Waals surface area contributed by atoms with Crippen LogP contribution in [0, 0.1) is 0 Å². The molecule has 4 nitrogen and oxygen atoms in total. The monoisotopic (exact) mass is 419 g/mol. The van der Waals surface area contributed by atoms with Crippen LogP contribution in [0.3, 0.4) is 0 Å². The molecule has 0 aliphatic carbocycles. The summed E-state index contributed by atoms with van der Waals surface area (Å²) in [6.07, 6.45) is 2.64. The lowest BCUT2D eigenvalue weighted by atomic mass is 10.3. The van der Waals surface area contributed by atoms with Crippen LogP contribution in [0.2, 0.25) is 5.02 Å². The number of nitrogens with zero attached hydrogens (tertiary/aromatic N) is 2. The first-order chi connectivity index (χ1) is 9.60. The highest BCUT2D eigenvalue weighted by atomic mass is 79.9. The highest BCUT2D eigenvalue weighted by Gasteiger charge is 2.10. The van der Waals surface area contributed by atoms with E-state index in [0.29, 0.717) is 27.1 Å². The van der Waals surface area contributed by atoms with Gasteiger partial charge in [-0.2, -0.15) is 4.98 Å². The molecule has 0 amide bonds. The van der Waals surface area contributed by atoms with Gasteiger partial charge in [0.2, 0.25) is 11.8 Å². The molecule has 1 N–H and O–H groups in total. The summed E-state index contributed by atoms with van der Waals surface area (Å²) in [6, 6.07) is 5.40. The molecule has 0 aliphatic rings. The van der Waals surface area contributed by atoms with Crippen molar-refractivity contribution in [2.45, 2.75) is 13.3 Å². The van der Waals surface area contributed by atoms with Crippen LogP contribution >= 0.6 is 43.5 Å². The van der Waals surface area contributed by atoms with Crippen LogP contribution in [0.4, 0.5) is 5.95 Å². The average Bonchev–Trinajstić information content (AvgIpc) is 2.42. The number of halogens is 3. The standard InChI is InChI=1S/C13H12Br2ClN3O/c1-2-5-17-13-18-7-9(15)12(19-13)20-11-4-3-8(14)6-10(11)16/h3-4,6-7H,2,5H2,1H3,(H,17,18,19). The van der Waals surface area contributed by atoms with Crippen LogP contribution < -0.4 is 10.1 Å². The Morgan fingerprint density at radius 1 is 1.35 bits per heavy atom. The molecule has 7 heteroatoms. The van der Waals surface area contributed by atoms with E-state index >= 15 is 0 Å². The first kappa shape index (κ1) is 15.5. The Kier molecular flexibility index (Phi) is 5.63. The van der Waals surface area contributed by atoms with Gasteiger partial charge in [-0.05, 0) is 40.5 Å². The fourth-order valence-electron chi connectivity index (χ4n) is 1.41. The lowest BCUT2D eigenvalue weighted by Crippen LogP contribution is -2.05. The molecule has 0 fully saturated rings. The molecule has 0 aliphatic heterocycles. The van der Waals surface area contributed by atoms with E-state index in [1.165, 1.54) is 0 Å². The number of rotatable bonds is 5. The van der Waals surface area contributed by atoms with Crippen molar-refractivity contribution in [3.63, 3.8) is 0 Å². The van der Waals surface area contributed by atoms with Gasteiger partial charge < -0.3 is 10.1 Å². The van der Waals surface area contributed by atoms with Crippen molar-refractivity contribution in [2.24, 2.45) is 0 Å². The van der Waals surface area contributed by atoms with E-state index in [4.69, 9.17) is 16.3 Å². The van der Waals surface area contributed by atoms with Crippen LogP contribution in [-0.4, -0.2) is 16.5 Å². The summed E-state index contributed by atoms with van der Waals surface area (Å²) in [5, 5.41) is 3.62. The molecular formula is C13H12Br2ClN3O. The van der Waals surface area contributed by atoms with E-state index < -0.39 is 0 Å². The van der Waals surface area contributed by atoms with Crippen molar-refractivity contribution < 1.29 is 4.74 Å². The van der Waals surface area contributed by atoms with Crippen LogP contribution in [0.1, 0.15) is 13.3 Å². The number of hydrogen-bond donors (Lipinski definition) is 1. The van der Waals surface area contributed by atoms with Gasteiger partial charge in [0, 0.05) is 11.0 Å². The van der Waals surface area contributed by atoms with Gasteiger partial charge in [0.25, 0.3) is 0 Å². The van der Waals surface area contributed by atoms with Crippen LogP contribution in [-0.2, 0) is 0 Å². The van der Waals surface area contributed by atoms with Crippen LogP contribution in [0.5, 0.6) is 11.6 Å². The van der Waals surface area contributed by atoms with Crippen molar-refractivity contribution in [1.82, 2.24) is 9.97 Å². The highest BCUT2D eigenvalue weighted by molar-refractivity contribution is 9.10. The number of aromatic nitrogens is 2. The summed E-state index contributed by atoms with van der Waals surface area (Å²) in [6.45, 7) is 2.88. The van der Waals surface area contributed by atoms with Crippen LogP contribution in [0.15, 0.2) is 33.3 Å². The number of hydrogen-bond acceptors (Lipinski definition) is 4. The third-order valence-electron chi connectivity index (χ3n) is 2.35. The molecule has 0 radical (unpaired) electrons. The number of benzene rings is 1. The number of ether oxygens (including phenoxy) is 1. The lowest BCUT2D eigenvalue weighted by Gasteiger charge is -2.10. The minimum atomic E-state index is 0.419. The Labute approximate surface area is 139 Å². The Bertz CT molecular complexity index is 610. The van der Waals surface area contributed by atoms with Gasteiger partial charge in [-0.15, -0.1) is 0 Å². The Hall–Kier alpha value is -0.850. The zero-order valence-corrected chi connectivity index (χ0v) is 14.6. The predicted octanol–water partition coefficient (Wildman–Crippen LogP) is 5.27. The minimum absolute atomic E-state index is 0.419. The second kappa shape index (κ2) is 7.24. The van der Waals surface area contributed by atoms with Gasteiger partial charge in [-0.3, -0.25) is 0 Å². The lowest BCUT2D eigenvalue weighted by molar-refractivity contribution is 0.459. The van der Waals surface area contributed by atoms with E-state index in [-0.39, 0.29) is 0 Å². The third kappa shape index (κ3) is 4.07. The summed E-state index contributed by atoms with van der Waals surface area (Å²) in [5.74, 6) is 1.48. The molecule has 0 saturated carbocycles. The summed E-state index contributed by atoms with van der Waals surface area (Å²) in [4.78, 5) is 8.47. The van der Waals surface area contributed by atoms with E-state index in [9.17, 15) is 0 Å². The fourth-order valence-corrected chi connectivity index (χ4v) is 2.39. The molecule has 0 saturated heterocycles. The summed E-state index contributed by atoms with van der Waals surface area (Å²) in [7, 11) is 0. The van der Waals surface area contributed by atoms with Crippen LogP contribution in [0.25, 0.3) is 0 Å². The maximum atomic E-state index is 6.13. The SMILES string of the molecule is CCCNc1ncc(Br)c(Oc2ccc(Br)cc2Cl)n1. The Balaban J connectivity index is 2.23. The molecule has 0 atom stereocenters. The number of nitrogens with one attached hydrogen (secondary N) is 1. The average molecular weight is 422 g/mol. The fraction of sp³-hybridized carbons (Fsp3) is 0.231. The molecule has 0 unspecified atom stereocenters. The van der Waals surface area contributed by atoms with E-state index in [1.807, 2.05) is 6.07 Å². The largest absolute Gasteiger partial charge is 0.436 e. The van der Waals surface area contributed by atoms with Crippen molar-refractivity contribution >= 4 is 49.4 Å². The summed E-state index contributed by atoms with van der Waals surface area (Å²) >= 11 is 12.8. The quantitative estimate of drug-likeness (QED) is 0.715. The Morgan fingerprint density at radius 2 is 2.15 bits per heavy atom. The molecular weight excluding hydrogens is 409 g/mol. The summed E-state index contributed by atoms with van der Waals surface area (Å²) in [5.41, 5.74) is 0. The van der Waals surface area contributed by atoms with Gasteiger partial charge in [0.1, 0.15) is 5.75 Å². The molecule has 106 valence electrons. The second-order valence-corrected chi connectivity index (χ2v) is 6.13. The third-order valence-corrected chi connectivity index (χ3v) is 3.68. The van der Waals surface area contributed by atoms with E-state index in [1.54, 1.807) is 18.3 Å². The van der Waals surface area contributed by atoms with Gasteiger partial charge in [0.05, 0.1) is 15.7 Å². The van der Waals surface area contributed by atoms with Gasteiger partial charge in [-0.1, -0.05) is 34.5 Å². The van der Waals surface area contributed by atoms with E-state index in [2.05, 4.69) is 54.1 Å². The topological polar surface area (TPSA) is 47.0 Å². The second-order valence-electron chi connectivity index (χ2n) is 3.95. The summed E-state index contributed by atoms with van der Waals surface area (Å²) < 4.78 is 7.28. The normalized spacial score (nSPS) is 10.4. The van der Waals surface area contributed by atoms with Crippen molar-refractivity contribution in [2.75, 3.05) is 11.9 Å². The van der Waals surface area contributed by atoms with Crippen molar-refractivity contribution in [1.29, 1.82) is 0 Å². The molecule has 1 aromatic heterocycles. The Morgan fingerprint density at radius 3 is 2.85 bits per heavy atom.